The predicted molar refractivity (Wildman–Crippen MR) is 66.3 cm³/mol. The van der Waals surface area contributed by atoms with E-state index < -0.39 is 0 Å². The summed E-state index contributed by atoms with van der Waals surface area (Å²) in [5.41, 5.74) is 1.61. The molecule has 1 N–H and O–H groups in total. The van der Waals surface area contributed by atoms with Crippen LogP contribution < -0.4 is 4.74 Å². The lowest BCUT2D eigenvalue weighted by Crippen LogP contribution is -2.06. The van der Waals surface area contributed by atoms with E-state index in [1.165, 1.54) is 0 Å². The largest absolute Gasteiger partial charge is 0.484 e. The van der Waals surface area contributed by atoms with Gasteiger partial charge in [-0.1, -0.05) is 12.1 Å². The van der Waals surface area contributed by atoms with Crippen LogP contribution in [0.3, 0.4) is 0 Å². The van der Waals surface area contributed by atoms with Crippen LogP contribution in [0.4, 0.5) is 0 Å². The van der Waals surface area contributed by atoms with Gasteiger partial charge >= 0.3 is 0 Å². The van der Waals surface area contributed by atoms with Crippen molar-refractivity contribution in [2.24, 2.45) is 0 Å². The van der Waals surface area contributed by atoms with Crippen LogP contribution in [0.5, 0.6) is 5.75 Å². The number of para-hydroxylation sites is 1. The second-order valence-electron chi connectivity index (χ2n) is 3.94. The molecule has 2 aromatic rings. The van der Waals surface area contributed by atoms with E-state index in [4.69, 9.17) is 4.74 Å². The Balaban J connectivity index is 2.21. The Kier molecular flexibility index (Phi) is 3.28. The van der Waals surface area contributed by atoms with Gasteiger partial charge in [0.2, 0.25) is 0 Å². The molecule has 3 heteroatoms. The molecule has 0 radical (unpaired) electrons. The lowest BCUT2D eigenvalue weighted by Gasteiger charge is -2.15. The molecular weight excluding hydrogens is 214 g/mol. The second kappa shape index (κ2) is 4.87. The summed E-state index contributed by atoms with van der Waals surface area (Å²) in [5.74, 6) is 0.640. The van der Waals surface area contributed by atoms with Crippen LogP contribution in [0.2, 0.25) is 0 Å². The summed E-state index contributed by atoms with van der Waals surface area (Å²) in [7, 11) is 0. The Morgan fingerprint density at radius 1 is 1.24 bits per heavy atom. The molecule has 0 aliphatic heterocycles. The van der Waals surface area contributed by atoms with Crippen molar-refractivity contribution >= 4 is 5.78 Å². The summed E-state index contributed by atoms with van der Waals surface area (Å²) in [6, 6.07) is 11.2. The molecule has 1 aromatic heterocycles. The quantitative estimate of drug-likeness (QED) is 0.817. The zero-order chi connectivity index (χ0) is 12.3. The molecule has 1 heterocycles. The van der Waals surface area contributed by atoms with Gasteiger partial charge in [-0.25, -0.2) is 0 Å². The summed E-state index contributed by atoms with van der Waals surface area (Å²) in [6.45, 7) is 3.49. The van der Waals surface area contributed by atoms with Crippen LogP contribution in [-0.4, -0.2) is 10.8 Å². The molecule has 17 heavy (non-hydrogen) atoms. The number of ether oxygens (including phenoxy) is 1. The predicted octanol–water partition coefficient (Wildman–Crippen LogP) is 3.36. The molecule has 0 aliphatic carbocycles. The van der Waals surface area contributed by atoms with Gasteiger partial charge < -0.3 is 9.72 Å². The molecule has 88 valence electrons. The maximum atomic E-state index is 11.4. The van der Waals surface area contributed by atoms with Crippen molar-refractivity contribution in [2.75, 3.05) is 0 Å². The summed E-state index contributed by atoms with van der Waals surface area (Å²) >= 11 is 0. The molecule has 0 aliphatic rings. The summed E-state index contributed by atoms with van der Waals surface area (Å²) in [4.78, 5) is 14.5. The second-order valence-corrected chi connectivity index (χ2v) is 3.94. The molecule has 0 saturated carbocycles. The van der Waals surface area contributed by atoms with E-state index >= 15 is 0 Å². The Morgan fingerprint density at radius 3 is 2.65 bits per heavy atom. The molecule has 1 unspecified atom stereocenters. The van der Waals surface area contributed by atoms with Crippen molar-refractivity contribution in [3.05, 3.63) is 53.9 Å². The number of rotatable bonds is 4. The van der Waals surface area contributed by atoms with Crippen molar-refractivity contribution in [3.63, 3.8) is 0 Å². The van der Waals surface area contributed by atoms with E-state index in [1.807, 2.05) is 43.5 Å². The molecule has 0 amide bonds. The number of hydrogen-bond donors (Lipinski definition) is 1. The molecule has 0 saturated heterocycles. The summed E-state index contributed by atoms with van der Waals surface area (Å²) in [6.07, 6.45) is 1.75. The smallest absolute Gasteiger partial charge is 0.163 e. The third kappa shape index (κ3) is 2.56. The first kappa shape index (κ1) is 11.5. The lowest BCUT2D eigenvalue weighted by atomic mass is 10.1. The average molecular weight is 229 g/mol. The van der Waals surface area contributed by atoms with Gasteiger partial charge in [-0.15, -0.1) is 0 Å². The topological polar surface area (TPSA) is 42.1 Å². The van der Waals surface area contributed by atoms with Crippen LogP contribution in [-0.2, 0) is 0 Å². The minimum absolute atomic E-state index is 0.0132. The highest BCUT2D eigenvalue weighted by Crippen LogP contribution is 2.24. The Labute approximate surface area is 100 Å². The number of ketones is 1. The van der Waals surface area contributed by atoms with Crippen molar-refractivity contribution in [3.8, 4) is 5.75 Å². The maximum absolute atomic E-state index is 11.4. The van der Waals surface area contributed by atoms with Crippen LogP contribution in [0.15, 0.2) is 42.6 Å². The number of aromatic amines is 1. The number of nitrogens with one attached hydrogen (secondary N) is 1. The fourth-order valence-electron chi connectivity index (χ4n) is 1.71. The zero-order valence-electron chi connectivity index (χ0n) is 9.94. The first-order valence-corrected chi connectivity index (χ1v) is 5.58. The van der Waals surface area contributed by atoms with Crippen LogP contribution in [0, 0.1) is 0 Å². The van der Waals surface area contributed by atoms with Crippen LogP contribution >= 0.6 is 0 Å². The van der Waals surface area contributed by atoms with E-state index in [1.54, 1.807) is 13.0 Å². The van der Waals surface area contributed by atoms with Gasteiger partial charge in [0.25, 0.3) is 0 Å². The van der Waals surface area contributed by atoms with E-state index in [2.05, 4.69) is 4.98 Å². The summed E-state index contributed by atoms with van der Waals surface area (Å²) < 4.78 is 5.80. The molecule has 0 fully saturated rings. The van der Waals surface area contributed by atoms with Gasteiger partial charge in [0.15, 0.2) is 5.78 Å². The normalized spacial score (nSPS) is 12.1. The first-order valence-electron chi connectivity index (χ1n) is 5.58. The standard InChI is InChI=1S/C14H15NO2/c1-10(16)12-6-3-4-8-14(12)17-11(2)13-7-5-9-15-13/h3-9,11,15H,1-2H3. The monoisotopic (exact) mass is 229 g/mol. The number of carbonyl (C=O) groups excluding carboxylic acids is 1. The number of benzene rings is 1. The molecule has 1 atom stereocenters. The van der Waals surface area contributed by atoms with E-state index in [9.17, 15) is 4.79 Å². The molecular formula is C14H15NO2. The number of carbonyl (C=O) groups is 1. The van der Waals surface area contributed by atoms with Gasteiger partial charge in [-0.05, 0) is 38.1 Å². The minimum atomic E-state index is -0.106. The maximum Gasteiger partial charge on any atom is 0.163 e. The van der Waals surface area contributed by atoms with Gasteiger partial charge in [0, 0.05) is 6.20 Å². The fourth-order valence-corrected chi connectivity index (χ4v) is 1.71. The van der Waals surface area contributed by atoms with Crippen LogP contribution in [0.25, 0.3) is 0 Å². The average Bonchev–Trinajstić information content (AvgIpc) is 2.83. The van der Waals surface area contributed by atoms with E-state index in [-0.39, 0.29) is 11.9 Å². The minimum Gasteiger partial charge on any atom is -0.484 e. The Hall–Kier alpha value is -2.03. The zero-order valence-corrected chi connectivity index (χ0v) is 9.94. The molecule has 2 rings (SSSR count). The van der Waals surface area contributed by atoms with Crippen molar-refractivity contribution in [1.82, 2.24) is 4.98 Å². The van der Waals surface area contributed by atoms with E-state index in [0.717, 1.165) is 5.69 Å². The highest BCUT2D eigenvalue weighted by molar-refractivity contribution is 5.96. The number of Topliss-reactive ketones (excluding diaryl/α,β-unsaturated/α-hetero) is 1. The van der Waals surface area contributed by atoms with Crippen molar-refractivity contribution in [2.45, 2.75) is 20.0 Å². The number of aromatic nitrogens is 1. The Bertz CT molecular complexity index is 503. The van der Waals surface area contributed by atoms with E-state index in [0.29, 0.717) is 11.3 Å². The summed E-state index contributed by atoms with van der Waals surface area (Å²) in [5, 5.41) is 0. The van der Waals surface area contributed by atoms with Crippen molar-refractivity contribution in [1.29, 1.82) is 0 Å². The third-order valence-corrected chi connectivity index (χ3v) is 2.63. The molecule has 1 aromatic carbocycles. The number of hydrogen-bond acceptors (Lipinski definition) is 2. The van der Waals surface area contributed by atoms with Gasteiger partial charge in [0.1, 0.15) is 11.9 Å². The highest BCUT2D eigenvalue weighted by Gasteiger charge is 2.12. The Morgan fingerprint density at radius 2 is 2.00 bits per heavy atom. The molecule has 3 nitrogen and oxygen atoms in total. The van der Waals surface area contributed by atoms with Crippen LogP contribution in [0.1, 0.15) is 36.0 Å². The lowest BCUT2D eigenvalue weighted by molar-refractivity contribution is 0.101. The van der Waals surface area contributed by atoms with Crippen molar-refractivity contribution < 1.29 is 9.53 Å². The SMILES string of the molecule is CC(=O)c1ccccc1OC(C)c1ccc[nH]1. The van der Waals surface area contributed by atoms with Gasteiger partial charge in [-0.2, -0.15) is 0 Å². The third-order valence-electron chi connectivity index (χ3n) is 2.63. The first-order chi connectivity index (χ1) is 8.18. The molecule has 0 bridgehead atoms. The fraction of sp³-hybridized carbons (Fsp3) is 0.214. The van der Waals surface area contributed by atoms with Gasteiger partial charge in [-0.3, -0.25) is 4.79 Å². The highest BCUT2D eigenvalue weighted by atomic mass is 16.5. The van der Waals surface area contributed by atoms with Gasteiger partial charge in [0.05, 0.1) is 11.3 Å². The number of H-pyrrole nitrogens is 1. The molecule has 0 spiro atoms.